The molecule has 124 valence electrons. The lowest BCUT2D eigenvalue weighted by Crippen LogP contribution is -2.52. The van der Waals surface area contributed by atoms with Crippen LogP contribution in [0.4, 0.5) is 13.2 Å². The molecule has 0 unspecified atom stereocenters. The Labute approximate surface area is 124 Å². The Hall–Kier alpha value is -1.80. The van der Waals surface area contributed by atoms with E-state index in [0.717, 1.165) is 0 Å². The van der Waals surface area contributed by atoms with Crippen molar-refractivity contribution in [3.05, 3.63) is 0 Å². The summed E-state index contributed by atoms with van der Waals surface area (Å²) in [6, 6.07) is -1.09. The van der Waals surface area contributed by atoms with Gasteiger partial charge in [0.25, 0.3) is 0 Å². The zero-order valence-electron chi connectivity index (χ0n) is 11.8. The standard InChI is InChI=1S/C13H17F3N2O4/c14-13(15,16)12(22)18-5-1-2-9(18)10(19)17-6-3-8(4-7-17)11(20)21/h8-9H,1-7H2,(H,20,21)/t9-/m1/s1. The van der Waals surface area contributed by atoms with Gasteiger partial charge in [-0.05, 0) is 25.7 Å². The average Bonchev–Trinajstić information content (AvgIpc) is 2.93. The molecule has 2 aliphatic heterocycles. The summed E-state index contributed by atoms with van der Waals surface area (Å²) in [4.78, 5) is 36.5. The number of halogens is 3. The van der Waals surface area contributed by atoms with Crippen LogP contribution in [0, 0.1) is 5.92 Å². The Bertz CT molecular complexity index is 472. The second-order valence-corrected chi connectivity index (χ2v) is 5.59. The van der Waals surface area contributed by atoms with E-state index in [1.54, 1.807) is 0 Å². The molecule has 0 aromatic carbocycles. The highest BCUT2D eigenvalue weighted by molar-refractivity contribution is 5.90. The molecule has 0 saturated carbocycles. The summed E-state index contributed by atoms with van der Waals surface area (Å²) in [6.45, 7) is 0.307. The second-order valence-electron chi connectivity index (χ2n) is 5.59. The van der Waals surface area contributed by atoms with E-state index in [1.807, 2.05) is 0 Å². The summed E-state index contributed by atoms with van der Waals surface area (Å²) in [6.07, 6.45) is -3.87. The smallest absolute Gasteiger partial charge is 0.471 e. The molecule has 0 spiro atoms. The van der Waals surface area contributed by atoms with E-state index >= 15 is 0 Å². The maximum atomic E-state index is 12.5. The fourth-order valence-corrected chi connectivity index (χ4v) is 2.99. The van der Waals surface area contributed by atoms with Gasteiger partial charge < -0.3 is 14.9 Å². The van der Waals surface area contributed by atoms with Crippen LogP contribution < -0.4 is 0 Å². The first-order valence-corrected chi connectivity index (χ1v) is 7.11. The van der Waals surface area contributed by atoms with E-state index in [0.29, 0.717) is 11.3 Å². The molecule has 0 aromatic heterocycles. The monoisotopic (exact) mass is 322 g/mol. The van der Waals surface area contributed by atoms with Gasteiger partial charge in [0, 0.05) is 19.6 Å². The van der Waals surface area contributed by atoms with Crippen LogP contribution in [-0.2, 0) is 14.4 Å². The minimum absolute atomic E-state index is 0.0830. The Morgan fingerprint density at radius 2 is 1.59 bits per heavy atom. The van der Waals surface area contributed by atoms with Crippen molar-refractivity contribution in [1.82, 2.24) is 9.80 Å². The third-order valence-corrected chi connectivity index (χ3v) is 4.20. The van der Waals surface area contributed by atoms with Gasteiger partial charge in [0.15, 0.2) is 0 Å². The van der Waals surface area contributed by atoms with Crippen molar-refractivity contribution in [3.63, 3.8) is 0 Å². The minimum Gasteiger partial charge on any atom is -0.481 e. The molecule has 2 rings (SSSR count). The molecule has 22 heavy (non-hydrogen) atoms. The summed E-state index contributed by atoms with van der Waals surface area (Å²) in [7, 11) is 0. The van der Waals surface area contributed by atoms with E-state index < -0.39 is 35.9 Å². The van der Waals surface area contributed by atoms with Crippen LogP contribution in [0.2, 0.25) is 0 Å². The average molecular weight is 322 g/mol. The lowest BCUT2D eigenvalue weighted by molar-refractivity contribution is -0.187. The highest BCUT2D eigenvalue weighted by Gasteiger charge is 2.48. The lowest BCUT2D eigenvalue weighted by atomic mass is 9.96. The van der Waals surface area contributed by atoms with Gasteiger partial charge in [0.1, 0.15) is 6.04 Å². The number of aliphatic carboxylic acids is 1. The van der Waals surface area contributed by atoms with Crippen LogP contribution in [-0.4, -0.2) is 64.5 Å². The topological polar surface area (TPSA) is 77.9 Å². The van der Waals surface area contributed by atoms with Crippen molar-refractivity contribution in [1.29, 1.82) is 0 Å². The van der Waals surface area contributed by atoms with E-state index in [-0.39, 0.29) is 38.9 Å². The van der Waals surface area contributed by atoms with Gasteiger partial charge in [-0.15, -0.1) is 0 Å². The van der Waals surface area contributed by atoms with Crippen LogP contribution >= 0.6 is 0 Å². The molecule has 2 saturated heterocycles. The van der Waals surface area contributed by atoms with Gasteiger partial charge in [-0.1, -0.05) is 0 Å². The summed E-state index contributed by atoms with van der Waals surface area (Å²) in [5.74, 6) is -3.95. The molecular formula is C13H17F3N2O4. The van der Waals surface area contributed by atoms with Gasteiger partial charge in [-0.2, -0.15) is 13.2 Å². The molecule has 1 atom stereocenters. The second kappa shape index (κ2) is 6.13. The van der Waals surface area contributed by atoms with Gasteiger partial charge >= 0.3 is 18.1 Å². The van der Waals surface area contributed by atoms with Crippen LogP contribution in [0.5, 0.6) is 0 Å². The van der Waals surface area contributed by atoms with Gasteiger partial charge in [-0.25, -0.2) is 0 Å². The van der Waals surface area contributed by atoms with Gasteiger partial charge in [-0.3, -0.25) is 14.4 Å². The molecule has 1 N–H and O–H groups in total. The number of alkyl halides is 3. The maximum absolute atomic E-state index is 12.5. The Balaban J connectivity index is 2.00. The fraction of sp³-hybridized carbons (Fsp3) is 0.769. The summed E-state index contributed by atoms with van der Waals surface area (Å²) < 4.78 is 37.6. The van der Waals surface area contributed by atoms with Crippen molar-refractivity contribution in [2.24, 2.45) is 5.92 Å². The zero-order chi connectivity index (χ0) is 16.5. The molecule has 9 heteroatoms. The first kappa shape index (κ1) is 16.6. The molecule has 2 fully saturated rings. The van der Waals surface area contributed by atoms with E-state index in [4.69, 9.17) is 5.11 Å². The molecule has 0 aliphatic carbocycles. The molecule has 2 amide bonds. The van der Waals surface area contributed by atoms with E-state index in [9.17, 15) is 27.6 Å². The largest absolute Gasteiger partial charge is 0.481 e. The number of carboxylic acid groups (broad SMARTS) is 1. The lowest BCUT2D eigenvalue weighted by Gasteiger charge is -2.34. The highest BCUT2D eigenvalue weighted by atomic mass is 19.4. The molecule has 2 aliphatic rings. The Kier molecular flexibility index (Phi) is 4.62. The molecule has 0 bridgehead atoms. The number of carbonyl (C=O) groups excluding carboxylic acids is 2. The van der Waals surface area contributed by atoms with Crippen LogP contribution in [0.1, 0.15) is 25.7 Å². The number of piperidine rings is 1. The number of carbonyl (C=O) groups is 3. The van der Waals surface area contributed by atoms with Crippen LogP contribution in [0.3, 0.4) is 0 Å². The Morgan fingerprint density at radius 1 is 1.00 bits per heavy atom. The number of rotatable bonds is 2. The zero-order valence-corrected chi connectivity index (χ0v) is 11.8. The van der Waals surface area contributed by atoms with Crippen LogP contribution in [0.25, 0.3) is 0 Å². The maximum Gasteiger partial charge on any atom is 0.471 e. The first-order chi connectivity index (χ1) is 10.2. The molecule has 0 aromatic rings. The minimum atomic E-state index is -4.99. The summed E-state index contributed by atoms with van der Waals surface area (Å²) >= 11 is 0. The highest BCUT2D eigenvalue weighted by Crippen LogP contribution is 2.28. The molecule has 0 radical (unpaired) electrons. The van der Waals surface area contributed by atoms with E-state index in [2.05, 4.69) is 0 Å². The van der Waals surface area contributed by atoms with E-state index in [1.165, 1.54) is 4.90 Å². The number of hydrogen-bond acceptors (Lipinski definition) is 3. The third-order valence-electron chi connectivity index (χ3n) is 4.20. The van der Waals surface area contributed by atoms with Crippen molar-refractivity contribution in [2.45, 2.75) is 37.9 Å². The van der Waals surface area contributed by atoms with Crippen LogP contribution in [0.15, 0.2) is 0 Å². The summed E-state index contributed by atoms with van der Waals surface area (Å²) in [5.41, 5.74) is 0. The number of hydrogen-bond donors (Lipinski definition) is 1. The van der Waals surface area contributed by atoms with Gasteiger partial charge in [0.2, 0.25) is 5.91 Å². The Morgan fingerprint density at radius 3 is 2.09 bits per heavy atom. The predicted molar refractivity (Wildman–Crippen MR) is 67.7 cm³/mol. The van der Waals surface area contributed by atoms with Crippen molar-refractivity contribution in [3.8, 4) is 0 Å². The molecule has 6 nitrogen and oxygen atoms in total. The SMILES string of the molecule is O=C(O)C1CCN(C(=O)[C@H]2CCCN2C(=O)C(F)(F)F)CC1. The quantitative estimate of drug-likeness (QED) is 0.818. The molecular weight excluding hydrogens is 305 g/mol. The summed E-state index contributed by atoms with van der Waals surface area (Å²) in [5, 5.41) is 8.90. The first-order valence-electron chi connectivity index (χ1n) is 7.11. The van der Waals surface area contributed by atoms with Crippen molar-refractivity contribution < 1.29 is 32.7 Å². The van der Waals surface area contributed by atoms with Crippen molar-refractivity contribution in [2.75, 3.05) is 19.6 Å². The fourth-order valence-electron chi connectivity index (χ4n) is 2.99. The number of nitrogens with zero attached hydrogens (tertiary/aromatic N) is 2. The number of amides is 2. The normalized spacial score (nSPS) is 23.7. The predicted octanol–water partition coefficient (Wildman–Crippen LogP) is 0.863. The van der Waals surface area contributed by atoms with Gasteiger partial charge in [0.05, 0.1) is 5.92 Å². The molecule has 2 heterocycles. The van der Waals surface area contributed by atoms with Crippen molar-refractivity contribution >= 4 is 17.8 Å². The number of likely N-dealkylation sites (tertiary alicyclic amines) is 2. The third kappa shape index (κ3) is 3.33. The number of carboxylic acids is 1.